The molecule has 2 aliphatic heterocycles. The molecule has 0 aliphatic carbocycles. The molecule has 0 radical (unpaired) electrons. The minimum atomic E-state index is -1.55. The number of hydrogen-bond acceptors (Lipinski definition) is 15. The Balaban J connectivity index is 1.40. The zero-order chi connectivity index (χ0) is 34.7. The van der Waals surface area contributed by atoms with Gasteiger partial charge >= 0.3 is 17.6 Å². The molecule has 2 amide bonds. The van der Waals surface area contributed by atoms with Crippen LogP contribution in [-0.2, 0) is 41.9 Å². The van der Waals surface area contributed by atoms with Crippen molar-refractivity contribution in [3.8, 4) is 0 Å². The highest BCUT2D eigenvalue weighted by Gasteiger charge is 2.53. The summed E-state index contributed by atoms with van der Waals surface area (Å²) in [6.07, 6.45) is 1.14. The zero-order valence-electron chi connectivity index (χ0n) is 25.8. The summed E-state index contributed by atoms with van der Waals surface area (Å²) in [7, 11) is 3.34. The van der Waals surface area contributed by atoms with E-state index in [1.807, 2.05) is 23.7 Å². The average Bonchev–Trinajstić information content (AvgIpc) is 3.57. The van der Waals surface area contributed by atoms with Gasteiger partial charge in [0.25, 0.3) is 11.8 Å². The van der Waals surface area contributed by atoms with Crippen molar-refractivity contribution in [1.82, 2.24) is 30.1 Å². The van der Waals surface area contributed by atoms with Gasteiger partial charge in [0.1, 0.15) is 33.5 Å². The number of fused-ring (bicyclic) bond motifs is 2. The summed E-state index contributed by atoms with van der Waals surface area (Å²) in [5, 5.41) is 30.1. The second-order valence-electron chi connectivity index (χ2n) is 10.5. The van der Waals surface area contributed by atoms with Crippen LogP contribution in [0.15, 0.2) is 34.8 Å². The Bertz CT molecular complexity index is 1830. The summed E-state index contributed by atoms with van der Waals surface area (Å²) in [5.74, 6) is -3.90. The Morgan fingerprint density at radius 1 is 1.35 bits per heavy atom. The highest BCUT2D eigenvalue weighted by molar-refractivity contribution is 8.00. The van der Waals surface area contributed by atoms with Crippen molar-refractivity contribution < 1.29 is 43.6 Å². The van der Waals surface area contributed by atoms with Gasteiger partial charge in [-0.25, -0.2) is 19.8 Å². The Kier molecular flexibility index (Phi) is 10.7. The van der Waals surface area contributed by atoms with Crippen LogP contribution in [0, 0.1) is 0 Å². The van der Waals surface area contributed by atoms with E-state index in [0.717, 1.165) is 34.7 Å². The zero-order valence-corrected chi connectivity index (χ0v) is 28.1. The number of aryl methyl sites for hydroxylation is 1. The van der Waals surface area contributed by atoms with Gasteiger partial charge in [0.05, 0.1) is 25.0 Å². The first kappa shape index (κ1) is 34.8. The predicted octanol–water partition coefficient (Wildman–Crippen LogP) is -1.10. The van der Waals surface area contributed by atoms with Crippen LogP contribution in [0.1, 0.15) is 19.0 Å². The largest absolute Gasteiger partial charge is 0.543 e. The molecule has 3 aromatic rings. The van der Waals surface area contributed by atoms with Crippen molar-refractivity contribution in [2.75, 3.05) is 37.7 Å². The quantitative estimate of drug-likeness (QED) is 0.0411. The number of carbonyl (C=O) groups is 4. The van der Waals surface area contributed by atoms with Crippen molar-refractivity contribution in [3.05, 3.63) is 39.6 Å². The van der Waals surface area contributed by atoms with E-state index >= 15 is 0 Å². The summed E-state index contributed by atoms with van der Waals surface area (Å²) in [4.78, 5) is 70.3. The van der Waals surface area contributed by atoms with Crippen LogP contribution in [0.3, 0.4) is 0 Å². The molecular formula is C27H31ClN10O8S2. The molecule has 5 rings (SSSR count). The van der Waals surface area contributed by atoms with Crippen LogP contribution in [-0.4, -0.2) is 98.0 Å². The number of amides is 2. The van der Waals surface area contributed by atoms with Gasteiger partial charge in [-0.1, -0.05) is 28.1 Å². The molecule has 0 spiro atoms. The number of imidazole rings is 1. The number of aromatic nitrogens is 4. The molecule has 5 heterocycles. The number of nitrogens with zero attached hydrogens (tertiary/aromatic N) is 6. The normalized spacial score (nSPS) is 18.4. The van der Waals surface area contributed by atoms with Crippen LogP contribution in [0.4, 0.5) is 11.1 Å². The standard InChI is InChI=1S/C27H31ClN10O8S2/c1-12(24(41)42)46-34-16(15-19(28)48-26(29)32-15)21(39)31-17-22(40)38-18(25(43)44)13(11-47-23(17)38)10-36-8-4-6-14-20(36)33-27(35-45-3)37(14)9-5-7-30-2/h4,6,8,12,17,23,30H,5,7,9-11H2,1-3H3,(H5,29,31,32,39,41,42,43,44)/b34-16-/t12-,17?,23?/m0/s1. The second kappa shape index (κ2) is 14.7. The lowest BCUT2D eigenvalue weighted by Gasteiger charge is -2.50. The summed E-state index contributed by atoms with van der Waals surface area (Å²) >= 11 is 8.27. The maximum atomic E-state index is 13.4. The lowest BCUT2D eigenvalue weighted by Crippen LogP contribution is -2.71. The fourth-order valence-electron chi connectivity index (χ4n) is 5.12. The van der Waals surface area contributed by atoms with Gasteiger partial charge in [-0.3, -0.25) is 23.9 Å². The number of pyridine rings is 1. The number of oxime groups is 1. The molecule has 1 fully saturated rings. The number of carboxylic acid groups (broad SMARTS) is 2. The molecule has 2 aliphatic rings. The number of aliphatic carboxylic acids is 2. The number of nitrogen functional groups attached to an aromatic ring is 1. The molecule has 18 nitrogen and oxygen atoms in total. The number of nitrogens with one attached hydrogen (secondary N) is 3. The molecule has 21 heteroatoms. The molecule has 2 unspecified atom stereocenters. The molecule has 3 aromatic heterocycles. The fourth-order valence-corrected chi connectivity index (χ4v) is 7.38. The van der Waals surface area contributed by atoms with E-state index < -0.39 is 47.0 Å². The summed E-state index contributed by atoms with van der Waals surface area (Å²) in [5.41, 5.74) is 9.27. The molecule has 0 bridgehead atoms. The minimum absolute atomic E-state index is 0.00656. The van der Waals surface area contributed by atoms with Crippen molar-refractivity contribution in [2.45, 2.75) is 44.0 Å². The van der Waals surface area contributed by atoms with Gasteiger partial charge in [0, 0.05) is 22.9 Å². The van der Waals surface area contributed by atoms with E-state index in [-0.39, 0.29) is 33.2 Å². The highest BCUT2D eigenvalue weighted by Crippen LogP contribution is 2.40. The Labute approximate surface area is 285 Å². The highest BCUT2D eigenvalue weighted by atomic mass is 35.5. The lowest BCUT2D eigenvalue weighted by atomic mass is 10.0. The third-order valence-corrected chi connectivity index (χ3v) is 9.78. The molecular weight excluding hydrogens is 692 g/mol. The van der Waals surface area contributed by atoms with E-state index in [9.17, 15) is 24.3 Å². The summed E-state index contributed by atoms with van der Waals surface area (Å²) < 4.78 is 3.71. The monoisotopic (exact) mass is 722 g/mol. The smallest absolute Gasteiger partial charge is 0.351 e. The van der Waals surface area contributed by atoms with E-state index in [1.165, 1.54) is 25.8 Å². The summed E-state index contributed by atoms with van der Waals surface area (Å²) in [6, 6.07) is 2.54. The van der Waals surface area contributed by atoms with Crippen molar-refractivity contribution in [1.29, 1.82) is 0 Å². The lowest BCUT2D eigenvalue weighted by molar-refractivity contribution is -0.664. The van der Waals surface area contributed by atoms with Crippen molar-refractivity contribution >= 4 is 86.4 Å². The Morgan fingerprint density at radius 3 is 2.77 bits per heavy atom. The van der Waals surface area contributed by atoms with Crippen LogP contribution in [0.25, 0.3) is 11.2 Å². The number of carboxylic acids is 2. The van der Waals surface area contributed by atoms with Gasteiger partial charge in [-0.2, -0.15) is 0 Å². The van der Waals surface area contributed by atoms with E-state index in [0.29, 0.717) is 23.7 Å². The number of thiazole rings is 1. The average molecular weight is 723 g/mol. The molecule has 48 heavy (non-hydrogen) atoms. The van der Waals surface area contributed by atoms with Gasteiger partial charge in [-0.05, 0) is 39.1 Å². The topological polar surface area (TPSA) is 242 Å². The van der Waals surface area contributed by atoms with Crippen LogP contribution >= 0.6 is 34.7 Å². The number of thioether (sulfide) groups is 1. The number of anilines is 2. The third-order valence-electron chi connectivity index (χ3n) is 7.36. The first-order valence-electron chi connectivity index (χ1n) is 14.4. The minimum Gasteiger partial charge on any atom is -0.543 e. The second-order valence-corrected chi connectivity index (χ2v) is 13.2. The number of carbonyl (C=O) groups excluding carboxylic acids is 3. The van der Waals surface area contributed by atoms with Crippen LogP contribution in [0.2, 0.25) is 4.34 Å². The fraction of sp³-hybridized carbons (Fsp3) is 0.407. The molecule has 0 aromatic carbocycles. The predicted molar refractivity (Wildman–Crippen MR) is 172 cm³/mol. The molecule has 0 saturated carbocycles. The molecule has 6 N–H and O–H groups in total. The first-order valence-corrected chi connectivity index (χ1v) is 16.6. The Morgan fingerprint density at radius 2 is 2.12 bits per heavy atom. The molecule has 1 saturated heterocycles. The molecule has 3 atom stereocenters. The van der Waals surface area contributed by atoms with E-state index in [4.69, 9.17) is 32.1 Å². The first-order chi connectivity index (χ1) is 23.0. The number of nitrogens with two attached hydrogens (primary N) is 1. The van der Waals surface area contributed by atoms with Gasteiger partial charge < -0.3 is 36.2 Å². The van der Waals surface area contributed by atoms with E-state index in [2.05, 4.69) is 31.2 Å². The molecule has 256 valence electrons. The number of halogens is 1. The number of rotatable bonds is 15. The van der Waals surface area contributed by atoms with Crippen LogP contribution < -0.4 is 31.5 Å². The van der Waals surface area contributed by atoms with Crippen molar-refractivity contribution in [3.63, 3.8) is 0 Å². The van der Waals surface area contributed by atoms with Gasteiger partial charge in [0.15, 0.2) is 10.8 Å². The maximum Gasteiger partial charge on any atom is 0.351 e. The van der Waals surface area contributed by atoms with Gasteiger partial charge in [-0.15, -0.1) is 11.8 Å². The number of β-lactam (4-membered cyclic amide) rings is 1. The SMILES string of the molecule is CNCCCn1c(NOC)nc2c1ccc[n+]2CC1=C(C(=O)[O-])N2C(=O)C(NC(=O)/C(=N\O[C@@H](C)C(=O)O)c3nc(N)sc3Cl)C2SC1. The van der Waals surface area contributed by atoms with Crippen molar-refractivity contribution in [2.24, 2.45) is 5.16 Å². The maximum absolute atomic E-state index is 13.4. The number of hydrogen-bond donors (Lipinski definition) is 5. The van der Waals surface area contributed by atoms with Gasteiger partial charge in [0.2, 0.25) is 6.10 Å². The third kappa shape index (κ3) is 6.88. The van der Waals surface area contributed by atoms with E-state index in [1.54, 1.807) is 10.8 Å². The summed E-state index contributed by atoms with van der Waals surface area (Å²) in [6.45, 7) is 2.69. The van der Waals surface area contributed by atoms with Crippen LogP contribution in [0.5, 0.6) is 0 Å². The Hall–Kier alpha value is -4.50.